The zero-order valence-electron chi connectivity index (χ0n) is 10.4. The first-order valence-electron chi connectivity index (χ1n) is 5.94. The Labute approximate surface area is 102 Å². The van der Waals surface area contributed by atoms with Crippen molar-refractivity contribution in [2.45, 2.75) is 13.5 Å². The summed E-state index contributed by atoms with van der Waals surface area (Å²) in [6, 6.07) is 6.08. The molecule has 1 aliphatic heterocycles. The average molecular weight is 237 g/mol. The van der Waals surface area contributed by atoms with Crippen LogP contribution in [0.3, 0.4) is 0 Å². The third kappa shape index (κ3) is 3.35. The summed E-state index contributed by atoms with van der Waals surface area (Å²) in [7, 11) is 2.09. The molecule has 0 fully saturated rings. The topological polar surface area (TPSA) is 30.9 Å². The Bertz CT molecular complexity index is 368. The van der Waals surface area contributed by atoms with Crippen molar-refractivity contribution in [2.24, 2.45) is 0 Å². The van der Waals surface area contributed by atoms with Crippen molar-refractivity contribution in [1.82, 2.24) is 4.90 Å². The Morgan fingerprint density at radius 2 is 2.12 bits per heavy atom. The summed E-state index contributed by atoms with van der Waals surface area (Å²) in [5.41, 5.74) is 1.23. The van der Waals surface area contributed by atoms with Gasteiger partial charge in [-0.1, -0.05) is 6.07 Å². The summed E-state index contributed by atoms with van der Waals surface area (Å²) >= 11 is 0. The smallest absolute Gasteiger partial charge is 0.231 e. The fraction of sp³-hybridized carbons (Fsp3) is 0.538. The van der Waals surface area contributed by atoms with Crippen LogP contribution in [-0.2, 0) is 11.3 Å². The van der Waals surface area contributed by atoms with Crippen LogP contribution in [-0.4, -0.2) is 38.5 Å². The number of fused-ring (bicyclic) bond motifs is 1. The maximum Gasteiger partial charge on any atom is 0.231 e. The molecule has 0 bridgehead atoms. The van der Waals surface area contributed by atoms with Crippen molar-refractivity contribution in [3.05, 3.63) is 23.8 Å². The van der Waals surface area contributed by atoms with Crippen LogP contribution < -0.4 is 9.47 Å². The molecule has 1 aromatic carbocycles. The largest absolute Gasteiger partial charge is 0.454 e. The molecule has 0 unspecified atom stereocenters. The minimum Gasteiger partial charge on any atom is -0.454 e. The summed E-state index contributed by atoms with van der Waals surface area (Å²) in [4.78, 5) is 2.23. The maximum atomic E-state index is 5.35. The summed E-state index contributed by atoms with van der Waals surface area (Å²) in [5, 5.41) is 0. The van der Waals surface area contributed by atoms with Gasteiger partial charge >= 0.3 is 0 Å². The number of likely N-dealkylation sites (N-methyl/N-ethyl adjacent to an activating group) is 1. The number of ether oxygens (including phenoxy) is 3. The fourth-order valence-corrected chi connectivity index (χ4v) is 1.79. The molecule has 4 heteroatoms. The van der Waals surface area contributed by atoms with Gasteiger partial charge in [-0.05, 0) is 31.7 Å². The number of benzene rings is 1. The first kappa shape index (κ1) is 12.2. The van der Waals surface area contributed by atoms with Gasteiger partial charge in [0.15, 0.2) is 11.5 Å². The van der Waals surface area contributed by atoms with Gasteiger partial charge in [0.05, 0.1) is 6.61 Å². The van der Waals surface area contributed by atoms with Crippen LogP contribution in [0.2, 0.25) is 0 Å². The minimum atomic E-state index is 0.332. The van der Waals surface area contributed by atoms with Crippen LogP contribution in [0.4, 0.5) is 0 Å². The van der Waals surface area contributed by atoms with Gasteiger partial charge in [0, 0.05) is 19.7 Å². The number of rotatable bonds is 6. The van der Waals surface area contributed by atoms with Crippen LogP contribution >= 0.6 is 0 Å². The average Bonchev–Trinajstić information content (AvgIpc) is 2.76. The molecular formula is C13H19NO3. The van der Waals surface area contributed by atoms with E-state index in [1.807, 2.05) is 19.1 Å². The van der Waals surface area contributed by atoms with E-state index in [1.54, 1.807) is 0 Å². The van der Waals surface area contributed by atoms with Gasteiger partial charge in [-0.3, -0.25) is 4.90 Å². The van der Waals surface area contributed by atoms with E-state index in [0.717, 1.165) is 37.8 Å². The predicted octanol–water partition coefficient (Wildman–Crippen LogP) is 1.88. The monoisotopic (exact) mass is 237 g/mol. The van der Waals surface area contributed by atoms with Crippen molar-refractivity contribution in [3.63, 3.8) is 0 Å². The third-order valence-corrected chi connectivity index (χ3v) is 2.71. The van der Waals surface area contributed by atoms with E-state index in [9.17, 15) is 0 Å². The van der Waals surface area contributed by atoms with Gasteiger partial charge < -0.3 is 14.2 Å². The van der Waals surface area contributed by atoms with E-state index in [0.29, 0.717) is 6.79 Å². The van der Waals surface area contributed by atoms with Gasteiger partial charge in [-0.25, -0.2) is 0 Å². The fourth-order valence-electron chi connectivity index (χ4n) is 1.79. The molecule has 0 saturated carbocycles. The van der Waals surface area contributed by atoms with Crippen LogP contribution in [0, 0.1) is 0 Å². The zero-order valence-corrected chi connectivity index (χ0v) is 10.4. The van der Waals surface area contributed by atoms with Gasteiger partial charge in [0.2, 0.25) is 6.79 Å². The van der Waals surface area contributed by atoms with Gasteiger partial charge in [-0.2, -0.15) is 0 Å². The third-order valence-electron chi connectivity index (χ3n) is 2.71. The molecule has 1 aromatic rings. The van der Waals surface area contributed by atoms with Gasteiger partial charge in [0.1, 0.15) is 0 Å². The van der Waals surface area contributed by atoms with Crippen LogP contribution in [0.5, 0.6) is 11.5 Å². The second-order valence-electron chi connectivity index (χ2n) is 4.12. The predicted molar refractivity (Wildman–Crippen MR) is 65.4 cm³/mol. The molecule has 17 heavy (non-hydrogen) atoms. The van der Waals surface area contributed by atoms with Crippen molar-refractivity contribution in [2.75, 3.05) is 33.6 Å². The Morgan fingerprint density at radius 1 is 1.29 bits per heavy atom. The molecule has 2 rings (SSSR count). The summed E-state index contributed by atoms with van der Waals surface area (Å²) in [6.07, 6.45) is 0. The molecule has 1 aliphatic rings. The molecule has 0 spiro atoms. The van der Waals surface area contributed by atoms with E-state index in [4.69, 9.17) is 14.2 Å². The molecule has 0 aliphatic carbocycles. The van der Waals surface area contributed by atoms with Crippen molar-refractivity contribution < 1.29 is 14.2 Å². The summed E-state index contributed by atoms with van der Waals surface area (Å²) < 4.78 is 16.0. The molecule has 1 heterocycles. The van der Waals surface area contributed by atoms with Crippen LogP contribution in [0.15, 0.2) is 18.2 Å². The molecule has 0 N–H and O–H groups in total. The molecule has 4 nitrogen and oxygen atoms in total. The summed E-state index contributed by atoms with van der Waals surface area (Å²) in [6.45, 7) is 5.72. The summed E-state index contributed by atoms with van der Waals surface area (Å²) in [5.74, 6) is 1.69. The van der Waals surface area contributed by atoms with Crippen LogP contribution in [0.25, 0.3) is 0 Å². The SMILES string of the molecule is CCOCCN(C)Cc1ccc2c(c1)OCO2. The highest BCUT2D eigenvalue weighted by atomic mass is 16.7. The minimum absolute atomic E-state index is 0.332. The lowest BCUT2D eigenvalue weighted by Crippen LogP contribution is -2.22. The second kappa shape index (κ2) is 5.89. The van der Waals surface area contributed by atoms with E-state index in [2.05, 4.69) is 18.0 Å². The standard InChI is InChI=1S/C13H19NO3/c1-3-15-7-6-14(2)9-11-4-5-12-13(8-11)17-10-16-12/h4-5,8H,3,6-7,9-10H2,1-2H3. The maximum absolute atomic E-state index is 5.35. The highest BCUT2D eigenvalue weighted by Gasteiger charge is 2.13. The van der Waals surface area contributed by atoms with Gasteiger partial charge in [0.25, 0.3) is 0 Å². The Hall–Kier alpha value is -1.26. The van der Waals surface area contributed by atoms with E-state index >= 15 is 0 Å². The molecule has 0 amide bonds. The van der Waals surface area contributed by atoms with E-state index in [-0.39, 0.29) is 0 Å². The zero-order chi connectivity index (χ0) is 12.1. The highest BCUT2D eigenvalue weighted by molar-refractivity contribution is 5.44. The van der Waals surface area contributed by atoms with E-state index < -0.39 is 0 Å². The normalized spacial score (nSPS) is 13.4. The first-order valence-corrected chi connectivity index (χ1v) is 5.94. The Morgan fingerprint density at radius 3 is 2.94 bits per heavy atom. The van der Waals surface area contributed by atoms with Crippen molar-refractivity contribution in [1.29, 1.82) is 0 Å². The lowest BCUT2D eigenvalue weighted by atomic mass is 10.2. The lowest BCUT2D eigenvalue weighted by Gasteiger charge is -2.16. The van der Waals surface area contributed by atoms with Crippen molar-refractivity contribution in [3.8, 4) is 11.5 Å². The lowest BCUT2D eigenvalue weighted by molar-refractivity contribution is 0.120. The van der Waals surface area contributed by atoms with Crippen molar-refractivity contribution >= 4 is 0 Å². The van der Waals surface area contributed by atoms with Gasteiger partial charge in [-0.15, -0.1) is 0 Å². The Kier molecular flexibility index (Phi) is 4.23. The molecule has 0 aromatic heterocycles. The Balaban J connectivity index is 1.86. The quantitative estimate of drug-likeness (QED) is 0.707. The molecular weight excluding hydrogens is 218 g/mol. The first-order chi connectivity index (χ1) is 8.29. The van der Waals surface area contributed by atoms with Crippen LogP contribution in [0.1, 0.15) is 12.5 Å². The highest BCUT2D eigenvalue weighted by Crippen LogP contribution is 2.32. The second-order valence-corrected chi connectivity index (χ2v) is 4.12. The number of nitrogens with zero attached hydrogens (tertiary/aromatic N) is 1. The molecule has 0 atom stereocenters. The molecule has 0 radical (unpaired) electrons. The molecule has 0 saturated heterocycles. The number of hydrogen-bond acceptors (Lipinski definition) is 4. The van der Waals surface area contributed by atoms with E-state index in [1.165, 1.54) is 5.56 Å². The number of hydrogen-bond donors (Lipinski definition) is 0. The molecule has 94 valence electrons.